The predicted octanol–water partition coefficient (Wildman–Crippen LogP) is 4.10. The second-order valence-electron chi connectivity index (χ2n) is 7.74. The molecule has 1 saturated heterocycles. The largest absolute Gasteiger partial charge is 0.444 e. The lowest BCUT2D eigenvalue weighted by atomic mass is 9.93. The fourth-order valence-corrected chi connectivity index (χ4v) is 2.89. The number of hydrogen-bond donors (Lipinski definition) is 1. The van der Waals surface area contributed by atoms with E-state index in [-0.39, 0.29) is 12.0 Å². The van der Waals surface area contributed by atoms with Gasteiger partial charge in [-0.15, -0.1) is 0 Å². The Bertz CT molecular complexity index is 531. The topological polar surface area (TPSA) is 49.8 Å². The number of likely N-dealkylation sites (tertiary alicyclic amines) is 1. The van der Waals surface area contributed by atoms with E-state index in [1.165, 1.54) is 5.56 Å². The molecule has 2 rings (SSSR count). The first-order valence-electron chi connectivity index (χ1n) is 8.43. The molecule has 128 valence electrons. The Morgan fingerprint density at radius 2 is 1.78 bits per heavy atom. The molecule has 1 aliphatic heterocycles. The van der Waals surface area contributed by atoms with Crippen LogP contribution in [0.1, 0.15) is 64.2 Å². The maximum Gasteiger partial charge on any atom is 0.410 e. The van der Waals surface area contributed by atoms with Crippen molar-refractivity contribution in [2.45, 2.75) is 58.7 Å². The van der Waals surface area contributed by atoms with E-state index in [0.717, 1.165) is 12.0 Å². The van der Waals surface area contributed by atoms with Crippen molar-refractivity contribution in [1.82, 2.24) is 4.90 Å². The van der Waals surface area contributed by atoms with Gasteiger partial charge in [0.05, 0.1) is 6.10 Å². The van der Waals surface area contributed by atoms with Gasteiger partial charge in [0.25, 0.3) is 0 Å². The summed E-state index contributed by atoms with van der Waals surface area (Å²) in [4.78, 5) is 13.8. The van der Waals surface area contributed by atoms with Gasteiger partial charge >= 0.3 is 6.09 Å². The smallest absolute Gasteiger partial charge is 0.410 e. The van der Waals surface area contributed by atoms with Crippen molar-refractivity contribution in [3.63, 3.8) is 0 Å². The SMILES string of the molecule is CC(C)c1ccc(C(O)C2CCN(C(=O)OC(C)(C)C)C2)cc1. The molecule has 0 saturated carbocycles. The molecular formula is C19H29NO3. The zero-order valence-electron chi connectivity index (χ0n) is 14.9. The minimum atomic E-state index is -0.538. The first kappa shape index (κ1) is 17.8. The monoisotopic (exact) mass is 319 g/mol. The predicted molar refractivity (Wildman–Crippen MR) is 91.4 cm³/mol. The van der Waals surface area contributed by atoms with E-state index in [4.69, 9.17) is 4.74 Å². The van der Waals surface area contributed by atoms with Crippen LogP contribution in [0.4, 0.5) is 4.79 Å². The normalized spacial score (nSPS) is 20.0. The van der Waals surface area contributed by atoms with E-state index in [9.17, 15) is 9.90 Å². The molecule has 0 aromatic heterocycles. The van der Waals surface area contributed by atoms with E-state index in [1.807, 2.05) is 32.9 Å². The van der Waals surface area contributed by atoms with Crippen molar-refractivity contribution < 1.29 is 14.6 Å². The van der Waals surface area contributed by atoms with Crippen LogP contribution in [0.5, 0.6) is 0 Å². The first-order chi connectivity index (χ1) is 10.7. The summed E-state index contributed by atoms with van der Waals surface area (Å²) >= 11 is 0. The Kier molecular flexibility index (Phi) is 5.35. The van der Waals surface area contributed by atoms with Crippen molar-refractivity contribution >= 4 is 6.09 Å². The van der Waals surface area contributed by atoms with Crippen LogP contribution >= 0.6 is 0 Å². The van der Waals surface area contributed by atoms with Gasteiger partial charge in [0.15, 0.2) is 0 Å². The third-order valence-corrected chi connectivity index (χ3v) is 4.27. The van der Waals surface area contributed by atoms with Crippen LogP contribution in [0.25, 0.3) is 0 Å². The molecule has 0 spiro atoms. The molecule has 2 atom stereocenters. The number of amides is 1. The van der Waals surface area contributed by atoms with Crippen molar-refractivity contribution in [3.05, 3.63) is 35.4 Å². The summed E-state index contributed by atoms with van der Waals surface area (Å²) in [5.74, 6) is 0.544. The number of benzene rings is 1. The molecule has 0 radical (unpaired) electrons. The van der Waals surface area contributed by atoms with Crippen LogP contribution in [0.15, 0.2) is 24.3 Å². The van der Waals surface area contributed by atoms with Crippen molar-refractivity contribution in [2.75, 3.05) is 13.1 Å². The van der Waals surface area contributed by atoms with Crippen LogP contribution in [0.3, 0.4) is 0 Å². The highest BCUT2D eigenvalue weighted by molar-refractivity contribution is 5.68. The van der Waals surface area contributed by atoms with E-state index in [0.29, 0.717) is 19.0 Å². The van der Waals surface area contributed by atoms with E-state index >= 15 is 0 Å². The van der Waals surface area contributed by atoms with Gasteiger partial charge in [-0.25, -0.2) is 4.79 Å². The number of hydrogen-bond acceptors (Lipinski definition) is 3. The Hall–Kier alpha value is -1.55. The average Bonchev–Trinajstić information content (AvgIpc) is 2.94. The average molecular weight is 319 g/mol. The third-order valence-electron chi connectivity index (χ3n) is 4.27. The highest BCUT2D eigenvalue weighted by Crippen LogP contribution is 2.31. The van der Waals surface area contributed by atoms with Crippen LogP contribution in [-0.2, 0) is 4.74 Å². The Labute approximate surface area is 139 Å². The molecule has 0 aliphatic carbocycles. The molecule has 1 aliphatic rings. The molecule has 4 heteroatoms. The van der Waals surface area contributed by atoms with E-state index < -0.39 is 11.7 Å². The molecule has 1 N–H and O–H groups in total. The lowest BCUT2D eigenvalue weighted by Crippen LogP contribution is -2.35. The molecule has 4 nitrogen and oxygen atoms in total. The second-order valence-corrected chi connectivity index (χ2v) is 7.74. The van der Waals surface area contributed by atoms with Gasteiger partial charge in [-0.3, -0.25) is 0 Å². The van der Waals surface area contributed by atoms with Crippen molar-refractivity contribution in [2.24, 2.45) is 5.92 Å². The fourth-order valence-electron chi connectivity index (χ4n) is 2.89. The maximum atomic E-state index is 12.1. The van der Waals surface area contributed by atoms with Crippen LogP contribution < -0.4 is 0 Å². The van der Waals surface area contributed by atoms with Crippen molar-refractivity contribution in [3.8, 4) is 0 Å². The molecule has 1 aromatic rings. The van der Waals surface area contributed by atoms with Gasteiger partial charge in [0, 0.05) is 19.0 Å². The standard InChI is InChI=1S/C19H29NO3/c1-13(2)14-6-8-15(9-7-14)17(21)16-10-11-20(12-16)18(22)23-19(3,4)5/h6-9,13,16-17,21H,10-12H2,1-5H3. The van der Waals surface area contributed by atoms with Crippen LogP contribution in [0.2, 0.25) is 0 Å². The van der Waals surface area contributed by atoms with Gasteiger partial charge in [0.2, 0.25) is 0 Å². The third kappa shape index (κ3) is 4.71. The van der Waals surface area contributed by atoms with Gasteiger partial charge in [-0.05, 0) is 44.2 Å². The second kappa shape index (κ2) is 6.91. The summed E-state index contributed by atoms with van der Waals surface area (Å²) in [5.41, 5.74) is 1.70. The van der Waals surface area contributed by atoms with Gasteiger partial charge in [-0.2, -0.15) is 0 Å². The highest BCUT2D eigenvalue weighted by Gasteiger charge is 2.33. The summed E-state index contributed by atoms with van der Waals surface area (Å²) in [6.07, 6.45) is -0.0298. The number of ether oxygens (including phenoxy) is 1. The van der Waals surface area contributed by atoms with Gasteiger partial charge in [0.1, 0.15) is 5.60 Å². The Morgan fingerprint density at radius 1 is 1.22 bits per heavy atom. The minimum Gasteiger partial charge on any atom is -0.444 e. The number of carbonyl (C=O) groups is 1. The lowest BCUT2D eigenvalue weighted by molar-refractivity contribution is 0.0268. The van der Waals surface area contributed by atoms with Crippen LogP contribution in [0, 0.1) is 5.92 Å². The molecule has 0 bridgehead atoms. The first-order valence-corrected chi connectivity index (χ1v) is 8.43. The fraction of sp³-hybridized carbons (Fsp3) is 0.632. The van der Waals surface area contributed by atoms with Gasteiger partial charge in [-0.1, -0.05) is 38.1 Å². The summed E-state index contributed by atoms with van der Waals surface area (Å²) < 4.78 is 5.40. The molecule has 23 heavy (non-hydrogen) atoms. The van der Waals surface area contributed by atoms with E-state index in [2.05, 4.69) is 26.0 Å². The lowest BCUT2D eigenvalue weighted by Gasteiger charge is -2.25. The summed E-state index contributed by atoms with van der Waals surface area (Å²) in [5, 5.41) is 10.6. The van der Waals surface area contributed by atoms with Crippen molar-refractivity contribution in [1.29, 1.82) is 0 Å². The molecule has 1 heterocycles. The Morgan fingerprint density at radius 3 is 2.30 bits per heavy atom. The highest BCUT2D eigenvalue weighted by atomic mass is 16.6. The number of aliphatic hydroxyl groups is 1. The number of carbonyl (C=O) groups excluding carboxylic acids is 1. The molecule has 1 aromatic carbocycles. The molecule has 1 amide bonds. The molecular weight excluding hydrogens is 290 g/mol. The summed E-state index contributed by atoms with van der Waals surface area (Å²) in [6, 6.07) is 8.14. The van der Waals surface area contributed by atoms with Gasteiger partial charge < -0.3 is 14.7 Å². The molecule has 1 fully saturated rings. The quantitative estimate of drug-likeness (QED) is 0.912. The Balaban J connectivity index is 1.96. The summed E-state index contributed by atoms with van der Waals surface area (Å²) in [7, 11) is 0. The maximum absolute atomic E-state index is 12.1. The van der Waals surface area contributed by atoms with Crippen LogP contribution in [-0.4, -0.2) is 34.8 Å². The summed E-state index contributed by atoms with van der Waals surface area (Å²) in [6.45, 7) is 11.1. The molecule has 2 unspecified atom stereocenters. The zero-order valence-corrected chi connectivity index (χ0v) is 14.9. The zero-order chi connectivity index (χ0) is 17.2. The number of rotatable bonds is 3. The minimum absolute atomic E-state index is 0.0624. The number of aliphatic hydroxyl groups excluding tert-OH is 1. The number of nitrogens with zero attached hydrogens (tertiary/aromatic N) is 1. The van der Waals surface area contributed by atoms with E-state index in [1.54, 1.807) is 4.90 Å².